The summed E-state index contributed by atoms with van der Waals surface area (Å²) in [5.74, 6) is 0.214. The minimum absolute atomic E-state index is 0.267. The van der Waals surface area contributed by atoms with Gasteiger partial charge in [-0.25, -0.2) is 9.48 Å². The van der Waals surface area contributed by atoms with Gasteiger partial charge in [-0.1, -0.05) is 109 Å². The number of rotatable bonds is 8. The molecule has 192 valence electrons. The fourth-order valence-corrected chi connectivity index (χ4v) is 5.37. The topological polar surface area (TPSA) is 74.8 Å². The Morgan fingerprint density at radius 3 is 1.87 bits per heavy atom. The van der Waals surface area contributed by atoms with Crippen molar-refractivity contribution in [2.45, 2.75) is 19.0 Å². The molecule has 0 radical (unpaired) electrons. The lowest BCUT2D eigenvalue weighted by molar-refractivity contribution is 0.0515. The number of carbonyl (C=O) groups is 1. The van der Waals surface area contributed by atoms with Gasteiger partial charge in [-0.15, -0.1) is 5.10 Å². The highest BCUT2D eigenvalue weighted by atomic mass is 16.5. The summed E-state index contributed by atoms with van der Waals surface area (Å²) in [5.41, 5.74) is 3.53. The maximum atomic E-state index is 13.0. The Balaban J connectivity index is 1.61. The molecule has 7 heteroatoms. The predicted octanol–water partition coefficient (Wildman–Crippen LogP) is 5.69. The maximum absolute atomic E-state index is 13.0. The number of esters is 1. The van der Waals surface area contributed by atoms with E-state index >= 15 is 0 Å². The van der Waals surface area contributed by atoms with Crippen LogP contribution in [-0.2, 0) is 16.8 Å². The van der Waals surface area contributed by atoms with E-state index in [0.717, 1.165) is 27.6 Å². The van der Waals surface area contributed by atoms with Crippen LogP contribution in [0.5, 0.6) is 0 Å². The summed E-state index contributed by atoms with van der Waals surface area (Å²) < 4.78 is 9.22. The number of nitrogens with zero attached hydrogens (tertiary/aromatic N) is 5. The molecule has 2 aromatic heterocycles. The number of benzene rings is 4. The quantitative estimate of drug-likeness (QED) is 0.193. The molecule has 0 saturated heterocycles. The second-order valence-electron chi connectivity index (χ2n) is 9.21. The average Bonchev–Trinajstić information content (AvgIpc) is 3.61. The molecule has 0 amide bonds. The van der Waals surface area contributed by atoms with E-state index in [0.29, 0.717) is 11.5 Å². The molecule has 0 saturated carbocycles. The van der Waals surface area contributed by atoms with E-state index in [1.807, 2.05) is 94.2 Å². The third-order valence-electron chi connectivity index (χ3n) is 7.02. The third kappa shape index (κ3) is 4.18. The van der Waals surface area contributed by atoms with Crippen LogP contribution < -0.4 is 0 Å². The van der Waals surface area contributed by atoms with E-state index in [-0.39, 0.29) is 19.1 Å². The first-order chi connectivity index (χ1) is 19.2. The molecule has 2 heterocycles. The van der Waals surface area contributed by atoms with Crippen LogP contribution in [0.2, 0.25) is 0 Å². The van der Waals surface area contributed by atoms with Gasteiger partial charge in [0, 0.05) is 10.9 Å². The summed E-state index contributed by atoms with van der Waals surface area (Å²) in [6.45, 7) is 2.36. The molecule has 0 aliphatic heterocycles. The van der Waals surface area contributed by atoms with Crippen LogP contribution in [0.3, 0.4) is 0 Å². The van der Waals surface area contributed by atoms with Crippen molar-refractivity contribution < 1.29 is 9.53 Å². The minimum atomic E-state index is -0.865. The first-order valence-electron chi connectivity index (χ1n) is 12.9. The molecule has 7 nitrogen and oxygen atoms in total. The van der Waals surface area contributed by atoms with Crippen LogP contribution >= 0.6 is 0 Å². The zero-order chi connectivity index (χ0) is 26.7. The van der Waals surface area contributed by atoms with Gasteiger partial charge in [-0.05, 0) is 46.2 Å². The Labute approximate surface area is 226 Å². The average molecular weight is 514 g/mol. The molecular formula is C32H27N5O2. The van der Waals surface area contributed by atoms with E-state index in [1.54, 1.807) is 6.92 Å². The lowest BCUT2D eigenvalue weighted by atomic mass is 9.77. The van der Waals surface area contributed by atoms with Gasteiger partial charge in [0.15, 0.2) is 5.82 Å². The molecular weight excluding hydrogens is 486 g/mol. The molecule has 0 aliphatic carbocycles. The minimum Gasteiger partial charge on any atom is -0.461 e. The van der Waals surface area contributed by atoms with Crippen molar-refractivity contribution in [2.75, 3.05) is 6.61 Å². The Hall–Kier alpha value is -5.04. The van der Waals surface area contributed by atoms with Crippen molar-refractivity contribution in [2.24, 2.45) is 0 Å². The van der Waals surface area contributed by atoms with E-state index in [1.165, 1.54) is 0 Å². The number of ether oxygens (including phenoxy) is 1. The van der Waals surface area contributed by atoms with Crippen molar-refractivity contribution in [1.82, 2.24) is 24.8 Å². The third-order valence-corrected chi connectivity index (χ3v) is 7.02. The summed E-state index contributed by atoms with van der Waals surface area (Å²) in [4.78, 5) is 13.0. The standard InChI is InChI=1S/C32H27N5O2/c1-2-39-31(38)29-22-24-14-12-13-21-28(24)36(29)23-30-33-34-35-37(30)32(25-15-6-3-7-16-25,26-17-8-4-9-18-26)27-19-10-5-11-20-27/h3-22H,2,23H2,1H3. The molecule has 0 unspecified atom stereocenters. The molecule has 0 bridgehead atoms. The second kappa shape index (κ2) is 10.4. The molecule has 6 aromatic rings. The number of hydrogen-bond donors (Lipinski definition) is 0. The summed E-state index contributed by atoms with van der Waals surface area (Å²) in [5, 5.41) is 14.2. The monoisotopic (exact) mass is 513 g/mol. The lowest BCUT2D eigenvalue weighted by Gasteiger charge is -2.36. The Kier molecular flexibility index (Phi) is 6.47. The highest BCUT2D eigenvalue weighted by Gasteiger charge is 2.41. The number of fused-ring (bicyclic) bond motifs is 1. The van der Waals surface area contributed by atoms with Gasteiger partial charge in [0.2, 0.25) is 0 Å². The van der Waals surface area contributed by atoms with Crippen LogP contribution in [0, 0.1) is 0 Å². The Morgan fingerprint density at radius 1 is 0.769 bits per heavy atom. The number of aromatic nitrogens is 5. The van der Waals surface area contributed by atoms with Gasteiger partial charge in [0.25, 0.3) is 0 Å². The molecule has 6 rings (SSSR count). The Bertz CT molecular complexity index is 1610. The summed E-state index contributed by atoms with van der Waals surface area (Å²) in [7, 11) is 0. The van der Waals surface area contributed by atoms with Gasteiger partial charge < -0.3 is 9.30 Å². The van der Waals surface area contributed by atoms with Crippen molar-refractivity contribution >= 4 is 16.9 Å². The van der Waals surface area contributed by atoms with Gasteiger partial charge >= 0.3 is 5.97 Å². The molecule has 0 fully saturated rings. The molecule has 0 N–H and O–H groups in total. The number of para-hydroxylation sites is 1. The number of hydrogen-bond acceptors (Lipinski definition) is 5. The molecule has 39 heavy (non-hydrogen) atoms. The number of tetrazole rings is 1. The van der Waals surface area contributed by atoms with Gasteiger partial charge in [0.1, 0.15) is 11.2 Å². The normalized spacial score (nSPS) is 11.5. The van der Waals surface area contributed by atoms with Crippen LogP contribution in [0.4, 0.5) is 0 Å². The summed E-state index contributed by atoms with van der Waals surface area (Å²) in [6, 6.07) is 40.5. The lowest BCUT2D eigenvalue weighted by Crippen LogP contribution is -2.40. The molecule has 0 atom stereocenters. The van der Waals surface area contributed by atoms with Gasteiger partial charge in [-0.3, -0.25) is 0 Å². The molecule has 0 spiro atoms. The van der Waals surface area contributed by atoms with E-state index < -0.39 is 5.54 Å². The highest BCUT2D eigenvalue weighted by Crippen LogP contribution is 2.40. The van der Waals surface area contributed by atoms with Gasteiger partial charge in [0.05, 0.1) is 13.2 Å². The van der Waals surface area contributed by atoms with Crippen molar-refractivity contribution in [1.29, 1.82) is 0 Å². The van der Waals surface area contributed by atoms with E-state index in [9.17, 15) is 4.79 Å². The number of carbonyl (C=O) groups excluding carboxylic acids is 1. The van der Waals surface area contributed by atoms with E-state index in [2.05, 4.69) is 51.9 Å². The molecule has 4 aromatic carbocycles. The van der Waals surface area contributed by atoms with Crippen LogP contribution in [0.15, 0.2) is 121 Å². The summed E-state index contributed by atoms with van der Waals surface area (Å²) >= 11 is 0. The highest BCUT2D eigenvalue weighted by molar-refractivity contribution is 5.95. The maximum Gasteiger partial charge on any atom is 0.354 e. The van der Waals surface area contributed by atoms with Crippen molar-refractivity contribution in [3.63, 3.8) is 0 Å². The SMILES string of the molecule is CCOC(=O)c1cc2ccccc2n1Cc1nnnn1C(c1ccccc1)(c1ccccc1)c1ccccc1. The van der Waals surface area contributed by atoms with Crippen LogP contribution in [-0.4, -0.2) is 37.4 Å². The fraction of sp³-hybridized carbons (Fsp3) is 0.125. The van der Waals surface area contributed by atoms with Gasteiger partial charge in [-0.2, -0.15) is 0 Å². The van der Waals surface area contributed by atoms with Crippen molar-refractivity contribution in [3.8, 4) is 0 Å². The fourth-order valence-electron chi connectivity index (χ4n) is 5.37. The zero-order valence-corrected chi connectivity index (χ0v) is 21.5. The van der Waals surface area contributed by atoms with Crippen LogP contribution in [0.25, 0.3) is 10.9 Å². The van der Waals surface area contributed by atoms with Crippen molar-refractivity contribution in [3.05, 3.63) is 150 Å². The first-order valence-corrected chi connectivity index (χ1v) is 12.9. The van der Waals surface area contributed by atoms with E-state index in [4.69, 9.17) is 4.74 Å². The first kappa shape index (κ1) is 24.3. The molecule has 0 aliphatic rings. The Morgan fingerprint density at radius 2 is 1.31 bits per heavy atom. The predicted molar refractivity (Wildman–Crippen MR) is 149 cm³/mol. The largest absolute Gasteiger partial charge is 0.461 e. The second-order valence-corrected chi connectivity index (χ2v) is 9.21. The smallest absolute Gasteiger partial charge is 0.354 e. The summed E-state index contributed by atoms with van der Waals surface area (Å²) in [6.07, 6.45) is 0. The van der Waals surface area contributed by atoms with Crippen LogP contribution in [0.1, 0.15) is 39.9 Å². The zero-order valence-electron chi connectivity index (χ0n) is 21.5.